The lowest BCUT2D eigenvalue weighted by atomic mass is 9.83. The van der Waals surface area contributed by atoms with Gasteiger partial charge in [0.2, 0.25) is 0 Å². The summed E-state index contributed by atoms with van der Waals surface area (Å²) < 4.78 is 10.8. The molecule has 2 aromatic carbocycles. The van der Waals surface area contributed by atoms with Crippen molar-refractivity contribution in [2.75, 3.05) is 27.3 Å². The Morgan fingerprint density at radius 1 is 1.06 bits per heavy atom. The predicted molar refractivity (Wildman–Crippen MR) is 144 cm³/mol. The predicted octanol–water partition coefficient (Wildman–Crippen LogP) is 6.32. The quantitative estimate of drug-likeness (QED) is 0.241. The number of hydrogen-bond acceptors (Lipinski definition) is 5. The van der Waals surface area contributed by atoms with E-state index in [2.05, 4.69) is 15.4 Å². The maximum absolute atomic E-state index is 13.1. The first-order valence-electron chi connectivity index (χ1n) is 13.0. The maximum Gasteiger partial charge on any atom is 0.406 e. The van der Waals surface area contributed by atoms with Crippen molar-refractivity contribution in [2.45, 2.75) is 63.5 Å². The largest absolute Gasteiger partial charge is 0.453 e. The van der Waals surface area contributed by atoms with Gasteiger partial charge in [-0.1, -0.05) is 74.0 Å². The van der Waals surface area contributed by atoms with E-state index in [1.807, 2.05) is 55.6 Å². The van der Waals surface area contributed by atoms with Crippen molar-refractivity contribution in [1.82, 2.24) is 10.6 Å². The summed E-state index contributed by atoms with van der Waals surface area (Å²) in [6.45, 7) is 0.574. The van der Waals surface area contributed by atoms with Crippen LogP contribution in [-0.4, -0.2) is 45.2 Å². The smallest absolute Gasteiger partial charge is 0.406 e. The van der Waals surface area contributed by atoms with Crippen molar-refractivity contribution in [2.24, 2.45) is 5.92 Å². The van der Waals surface area contributed by atoms with Crippen LogP contribution < -0.4 is 10.6 Å². The summed E-state index contributed by atoms with van der Waals surface area (Å²) >= 11 is 6.25. The standard InChI is InChI=1S/C29H39ClN2O4/c1-31-26(18-21-8-4-3-5-9-21)14-15-27(33)22-10-6-11-23(19-22)28(24-12-7-13-25(30)20-24)36-17-16-32-29(34)35-2/h6-7,10-13,19-21,26,28,31H,3-5,8-9,14-18H2,1-2H3,(H,32,34)/t26?,28-/m1/s1. The van der Waals surface area contributed by atoms with Crippen LogP contribution in [0.1, 0.15) is 79.0 Å². The van der Waals surface area contributed by atoms with E-state index >= 15 is 0 Å². The zero-order chi connectivity index (χ0) is 25.8. The van der Waals surface area contributed by atoms with E-state index in [0.717, 1.165) is 29.9 Å². The molecule has 1 unspecified atom stereocenters. The van der Waals surface area contributed by atoms with Gasteiger partial charge in [0, 0.05) is 29.6 Å². The average molecular weight is 515 g/mol. The summed E-state index contributed by atoms with van der Waals surface area (Å²) in [5, 5.41) is 6.66. The van der Waals surface area contributed by atoms with Crippen LogP contribution in [0.25, 0.3) is 0 Å². The van der Waals surface area contributed by atoms with Crippen LogP contribution in [0.3, 0.4) is 0 Å². The summed E-state index contributed by atoms with van der Waals surface area (Å²) in [4.78, 5) is 24.5. The fourth-order valence-electron chi connectivity index (χ4n) is 4.99. The summed E-state index contributed by atoms with van der Waals surface area (Å²) in [6.07, 6.45) is 8.22. The van der Waals surface area contributed by atoms with Gasteiger partial charge in [-0.05, 0) is 55.1 Å². The van der Waals surface area contributed by atoms with Crippen molar-refractivity contribution in [3.63, 3.8) is 0 Å². The van der Waals surface area contributed by atoms with Crippen LogP contribution in [0.5, 0.6) is 0 Å². The van der Waals surface area contributed by atoms with Crippen molar-refractivity contribution in [3.05, 3.63) is 70.2 Å². The summed E-state index contributed by atoms with van der Waals surface area (Å²) in [5.74, 6) is 0.914. The van der Waals surface area contributed by atoms with Gasteiger partial charge in [-0.3, -0.25) is 4.79 Å². The molecule has 1 fully saturated rings. The monoisotopic (exact) mass is 514 g/mol. The van der Waals surface area contributed by atoms with Gasteiger partial charge >= 0.3 is 6.09 Å². The molecule has 0 heterocycles. The zero-order valence-corrected chi connectivity index (χ0v) is 22.2. The van der Waals surface area contributed by atoms with E-state index in [4.69, 9.17) is 16.3 Å². The Kier molecular flexibility index (Phi) is 11.7. The van der Waals surface area contributed by atoms with E-state index < -0.39 is 12.2 Å². The second-order valence-electron chi connectivity index (χ2n) is 9.54. The summed E-state index contributed by atoms with van der Waals surface area (Å²) in [7, 11) is 3.32. The number of carbonyl (C=O) groups is 2. The minimum absolute atomic E-state index is 0.137. The molecule has 0 radical (unpaired) electrons. The molecular formula is C29H39ClN2O4. The second kappa shape index (κ2) is 15.0. The fourth-order valence-corrected chi connectivity index (χ4v) is 5.19. The number of benzene rings is 2. The molecule has 7 heteroatoms. The number of ether oxygens (including phenoxy) is 2. The first kappa shape index (κ1) is 28.2. The van der Waals surface area contributed by atoms with Crippen LogP contribution >= 0.6 is 11.6 Å². The SMILES string of the molecule is CNC(CCC(=O)c1cccc([C@@H](OCCNC(=O)OC)c2cccc(Cl)c2)c1)CC1CCCCC1. The van der Waals surface area contributed by atoms with Gasteiger partial charge in [0.15, 0.2) is 5.78 Å². The summed E-state index contributed by atoms with van der Waals surface area (Å²) in [5.41, 5.74) is 2.43. The molecular weight excluding hydrogens is 476 g/mol. The highest BCUT2D eigenvalue weighted by Crippen LogP contribution is 2.30. The third-order valence-corrected chi connectivity index (χ3v) is 7.21. The number of nitrogens with one attached hydrogen (secondary N) is 2. The van der Waals surface area contributed by atoms with Crippen molar-refractivity contribution in [1.29, 1.82) is 0 Å². The molecule has 1 aliphatic carbocycles. The van der Waals surface area contributed by atoms with E-state index in [0.29, 0.717) is 29.6 Å². The van der Waals surface area contributed by atoms with Gasteiger partial charge in [-0.25, -0.2) is 4.79 Å². The number of Topliss-reactive ketones (excluding diaryl/α,β-unsaturated/α-hetero) is 1. The van der Waals surface area contributed by atoms with Gasteiger partial charge in [0.05, 0.1) is 13.7 Å². The normalized spacial score (nSPS) is 15.8. The molecule has 0 aromatic heterocycles. The first-order valence-corrected chi connectivity index (χ1v) is 13.4. The second-order valence-corrected chi connectivity index (χ2v) is 9.97. The number of methoxy groups -OCH3 is 1. The molecule has 0 bridgehead atoms. The Balaban J connectivity index is 1.66. The van der Waals surface area contributed by atoms with Crippen molar-refractivity contribution >= 4 is 23.5 Å². The molecule has 0 spiro atoms. The third kappa shape index (κ3) is 8.91. The molecule has 2 atom stereocenters. The Labute approximate surface area is 220 Å². The van der Waals surface area contributed by atoms with E-state index in [1.54, 1.807) is 0 Å². The number of ketones is 1. The lowest BCUT2D eigenvalue weighted by Crippen LogP contribution is -2.29. The highest BCUT2D eigenvalue weighted by atomic mass is 35.5. The van der Waals surface area contributed by atoms with Crippen LogP contribution in [0.4, 0.5) is 4.79 Å². The maximum atomic E-state index is 13.1. The average Bonchev–Trinajstić information content (AvgIpc) is 2.91. The Hall–Kier alpha value is -2.41. The molecule has 1 amide bonds. The lowest BCUT2D eigenvalue weighted by molar-refractivity contribution is 0.0804. The van der Waals surface area contributed by atoms with Crippen LogP contribution in [0, 0.1) is 5.92 Å². The van der Waals surface area contributed by atoms with Crippen molar-refractivity contribution < 1.29 is 19.1 Å². The highest BCUT2D eigenvalue weighted by Gasteiger charge is 2.20. The van der Waals surface area contributed by atoms with Crippen LogP contribution in [0.15, 0.2) is 48.5 Å². The molecule has 36 heavy (non-hydrogen) atoms. The lowest BCUT2D eigenvalue weighted by Gasteiger charge is -2.26. The van der Waals surface area contributed by atoms with E-state index in [-0.39, 0.29) is 12.4 Å². The molecule has 0 saturated heterocycles. The minimum atomic E-state index is -0.506. The molecule has 0 aliphatic heterocycles. The van der Waals surface area contributed by atoms with E-state index in [9.17, 15) is 9.59 Å². The van der Waals surface area contributed by atoms with Gasteiger partial charge < -0.3 is 20.1 Å². The number of halogens is 1. The fraction of sp³-hybridized carbons (Fsp3) is 0.517. The number of amides is 1. The molecule has 2 N–H and O–H groups in total. The van der Waals surface area contributed by atoms with Crippen molar-refractivity contribution in [3.8, 4) is 0 Å². The molecule has 3 rings (SSSR count). The zero-order valence-electron chi connectivity index (χ0n) is 21.4. The third-order valence-electron chi connectivity index (χ3n) is 6.97. The molecule has 196 valence electrons. The molecule has 6 nitrogen and oxygen atoms in total. The van der Waals surface area contributed by atoms with Gasteiger partial charge in [-0.2, -0.15) is 0 Å². The number of alkyl carbamates (subject to hydrolysis) is 1. The Morgan fingerprint density at radius 2 is 1.78 bits per heavy atom. The highest BCUT2D eigenvalue weighted by molar-refractivity contribution is 6.30. The minimum Gasteiger partial charge on any atom is -0.453 e. The Bertz CT molecular complexity index is 977. The molecule has 2 aromatic rings. The topological polar surface area (TPSA) is 76.7 Å². The van der Waals surface area contributed by atoms with Gasteiger partial charge in [-0.15, -0.1) is 0 Å². The van der Waals surface area contributed by atoms with Crippen LogP contribution in [0.2, 0.25) is 5.02 Å². The number of carbonyl (C=O) groups excluding carboxylic acids is 2. The first-order chi connectivity index (χ1) is 17.5. The Morgan fingerprint density at radius 3 is 2.47 bits per heavy atom. The molecule has 1 aliphatic rings. The number of rotatable bonds is 13. The number of hydrogen-bond donors (Lipinski definition) is 2. The van der Waals surface area contributed by atoms with Gasteiger partial charge in [0.1, 0.15) is 6.10 Å². The van der Waals surface area contributed by atoms with E-state index in [1.165, 1.54) is 39.2 Å². The van der Waals surface area contributed by atoms with Gasteiger partial charge in [0.25, 0.3) is 0 Å². The van der Waals surface area contributed by atoms with Crippen LogP contribution in [-0.2, 0) is 9.47 Å². The summed E-state index contributed by atoms with van der Waals surface area (Å²) in [6, 6.07) is 15.5. The molecule has 1 saturated carbocycles.